The first kappa shape index (κ1) is 17.2. The molecule has 2 N–H and O–H groups in total. The monoisotopic (exact) mass is 326 g/mol. The van der Waals surface area contributed by atoms with E-state index in [2.05, 4.69) is 0 Å². The number of piperidine rings is 1. The Hall–Kier alpha value is -1.11. The zero-order chi connectivity index (χ0) is 16.7. The predicted molar refractivity (Wildman–Crippen MR) is 87.6 cm³/mol. The summed E-state index contributed by atoms with van der Waals surface area (Å²) < 4.78 is 33.1. The van der Waals surface area contributed by atoms with Crippen LogP contribution in [0.3, 0.4) is 0 Å². The van der Waals surface area contributed by atoms with Gasteiger partial charge in [0.05, 0.1) is 7.11 Å². The zero-order valence-electron chi connectivity index (χ0n) is 14.0. The molecule has 1 saturated heterocycles. The minimum Gasteiger partial charge on any atom is -0.495 e. The molecule has 0 aliphatic carbocycles. The summed E-state index contributed by atoms with van der Waals surface area (Å²) in [6.45, 7) is 8.63. The number of hydrogen-bond acceptors (Lipinski definition) is 4. The van der Waals surface area contributed by atoms with Crippen molar-refractivity contribution in [3.8, 4) is 5.75 Å². The van der Waals surface area contributed by atoms with E-state index >= 15 is 0 Å². The third-order valence-corrected chi connectivity index (χ3v) is 6.51. The molecule has 1 fully saturated rings. The Kier molecular flexibility index (Phi) is 4.57. The molecule has 1 atom stereocenters. The van der Waals surface area contributed by atoms with E-state index in [1.54, 1.807) is 6.07 Å². The van der Waals surface area contributed by atoms with Crippen molar-refractivity contribution in [2.75, 3.05) is 20.2 Å². The molecule has 1 aromatic carbocycles. The molecule has 0 radical (unpaired) electrons. The number of ether oxygens (including phenoxy) is 1. The van der Waals surface area contributed by atoms with Crippen LogP contribution in [0.5, 0.6) is 5.75 Å². The summed E-state index contributed by atoms with van der Waals surface area (Å²) in [7, 11) is -2.09. The molecule has 1 heterocycles. The molecule has 1 aliphatic rings. The molecule has 0 amide bonds. The van der Waals surface area contributed by atoms with Crippen LogP contribution in [-0.2, 0) is 10.0 Å². The van der Waals surface area contributed by atoms with Crippen LogP contribution in [0, 0.1) is 19.3 Å². The predicted octanol–water partition coefficient (Wildman–Crippen LogP) is 2.06. The Bertz CT molecular complexity index is 668. The Morgan fingerprint density at radius 3 is 2.50 bits per heavy atom. The lowest BCUT2D eigenvalue weighted by atomic mass is 9.81. The third-order valence-electron chi connectivity index (χ3n) is 4.48. The molecule has 124 valence electrons. The largest absolute Gasteiger partial charge is 0.495 e. The van der Waals surface area contributed by atoms with E-state index in [9.17, 15) is 8.42 Å². The number of sulfonamides is 1. The van der Waals surface area contributed by atoms with E-state index in [0.717, 1.165) is 5.56 Å². The van der Waals surface area contributed by atoms with Gasteiger partial charge in [0.25, 0.3) is 0 Å². The molecule has 22 heavy (non-hydrogen) atoms. The average Bonchev–Trinajstić information content (AvgIpc) is 2.40. The van der Waals surface area contributed by atoms with E-state index in [4.69, 9.17) is 10.5 Å². The maximum Gasteiger partial charge on any atom is 0.247 e. The number of hydrogen-bond donors (Lipinski definition) is 1. The molecule has 0 saturated carbocycles. The van der Waals surface area contributed by atoms with Gasteiger partial charge in [-0.05, 0) is 42.9 Å². The van der Waals surface area contributed by atoms with Gasteiger partial charge in [-0.15, -0.1) is 0 Å². The second-order valence-electron chi connectivity index (χ2n) is 6.84. The molecular formula is C16H26N2O3S. The van der Waals surface area contributed by atoms with Crippen molar-refractivity contribution >= 4 is 10.0 Å². The van der Waals surface area contributed by atoms with Gasteiger partial charge in [-0.2, -0.15) is 4.31 Å². The summed E-state index contributed by atoms with van der Waals surface area (Å²) in [6.07, 6.45) is 0.666. The highest BCUT2D eigenvalue weighted by atomic mass is 32.2. The van der Waals surface area contributed by atoms with Gasteiger partial charge in [0, 0.05) is 19.1 Å². The van der Waals surface area contributed by atoms with Crippen LogP contribution in [0.1, 0.15) is 31.4 Å². The number of aryl methyl sites for hydroxylation is 2. The van der Waals surface area contributed by atoms with Gasteiger partial charge in [0.2, 0.25) is 10.0 Å². The first-order valence-corrected chi connectivity index (χ1v) is 8.94. The maximum atomic E-state index is 13.1. The van der Waals surface area contributed by atoms with E-state index in [0.29, 0.717) is 30.8 Å². The van der Waals surface area contributed by atoms with Gasteiger partial charge < -0.3 is 10.5 Å². The summed E-state index contributed by atoms with van der Waals surface area (Å²) in [6, 6.07) is 3.65. The van der Waals surface area contributed by atoms with Gasteiger partial charge in [0.15, 0.2) is 0 Å². The lowest BCUT2D eigenvalue weighted by molar-refractivity contribution is 0.155. The van der Waals surface area contributed by atoms with Crippen molar-refractivity contribution in [3.63, 3.8) is 0 Å². The van der Waals surface area contributed by atoms with E-state index < -0.39 is 10.0 Å². The Morgan fingerprint density at radius 2 is 1.95 bits per heavy atom. The number of rotatable bonds is 3. The number of nitrogens with zero attached hydrogens (tertiary/aromatic N) is 1. The fraction of sp³-hybridized carbons (Fsp3) is 0.625. The van der Waals surface area contributed by atoms with Crippen LogP contribution in [0.4, 0.5) is 0 Å². The summed E-state index contributed by atoms with van der Waals surface area (Å²) in [5.41, 5.74) is 7.57. The van der Waals surface area contributed by atoms with Gasteiger partial charge >= 0.3 is 0 Å². The first-order chi connectivity index (χ1) is 10.1. The molecule has 0 bridgehead atoms. The molecule has 1 aliphatic heterocycles. The second-order valence-corrected chi connectivity index (χ2v) is 8.71. The summed E-state index contributed by atoms with van der Waals surface area (Å²) >= 11 is 0. The highest BCUT2D eigenvalue weighted by molar-refractivity contribution is 7.89. The minimum absolute atomic E-state index is 0.0139. The normalized spacial score (nSPS) is 22.5. The van der Waals surface area contributed by atoms with Gasteiger partial charge in [-0.1, -0.05) is 19.9 Å². The van der Waals surface area contributed by atoms with Crippen molar-refractivity contribution < 1.29 is 13.2 Å². The molecule has 0 spiro atoms. The minimum atomic E-state index is -3.59. The fourth-order valence-corrected chi connectivity index (χ4v) is 5.03. The Labute approximate surface area is 133 Å². The van der Waals surface area contributed by atoms with Gasteiger partial charge in [-0.25, -0.2) is 8.42 Å². The topological polar surface area (TPSA) is 72.6 Å². The van der Waals surface area contributed by atoms with Crippen LogP contribution >= 0.6 is 0 Å². The summed E-state index contributed by atoms with van der Waals surface area (Å²) in [5, 5.41) is 0. The lowest BCUT2D eigenvalue weighted by Crippen LogP contribution is -2.53. The smallest absolute Gasteiger partial charge is 0.247 e. The molecule has 6 heteroatoms. The van der Waals surface area contributed by atoms with E-state index in [1.165, 1.54) is 11.4 Å². The molecule has 1 unspecified atom stereocenters. The molecule has 0 aromatic heterocycles. The van der Waals surface area contributed by atoms with Crippen LogP contribution in [0.25, 0.3) is 0 Å². The molecule has 2 rings (SSSR count). The Balaban J connectivity index is 2.48. The summed E-state index contributed by atoms with van der Waals surface area (Å²) in [5.74, 6) is 0.408. The van der Waals surface area contributed by atoms with Crippen LogP contribution in [-0.4, -0.2) is 39.0 Å². The third kappa shape index (κ3) is 3.00. The maximum absolute atomic E-state index is 13.1. The quantitative estimate of drug-likeness (QED) is 0.923. The average molecular weight is 326 g/mol. The SMILES string of the molecule is COc1cc(C)cc(C)c1S(=O)(=O)N1CCC(N)C(C)(C)C1. The highest BCUT2D eigenvalue weighted by Crippen LogP contribution is 2.36. The van der Waals surface area contributed by atoms with Gasteiger partial charge in [-0.3, -0.25) is 0 Å². The van der Waals surface area contributed by atoms with Crippen molar-refractivity contribution in [3.05, 3.63) is 23.3 Å². The van der Waals surface area contributed by atoms with Gasteiger partial charge in [0.1, 0.15) is 10.6 Å². The molecule has 5 nitrogen and oxygen atoms in total. The summed E-state index contributed by atoms with van der Waals surface area (Å²) in [4.78, 5) is 0.270. The standard InChI is InChI=1S/C16H26N2O3S/c1-11-8-12(2)15(13(9-11)21-5)22(19,20)18-7-6-14(17)16(3,4)10-18/h8-9,14H,6-7,10,17H2,1-5H3. The van der Waals surface area contributed by atoms with Crippen molar-refractivity contribution in [1.82, 2.24) is 4.31 Å². The highest BCUT2D eigenvalue weighted by Gasteiger charge is 2.40. The number of methoxy groups -OCH3 is 1. The van der Waals surface area contributed by atoms with Crippen LogP contribution < -0.4 is 10.5 Å². The molecule has 1 aromatic rings. The zero-order valence-corrected chi connectivity index (χ0v) is 14.8. The van der Waals surface area contributed by atoms with Crippen molar-refractivity contribution in [2.45, 2.75) is 45.1 Å². The van der Waals surface area contributed by atoms with Crippen LogP contribution in [0.15, 0.2) is 17.0 Å². The molecular weight excluding hydrogens is 300 g/mol. The second kappa shape index (κ2) is 5.83. The van der Waals surface area contributed by atoms with Crippen LogP contribution in [0.2, 0.25) is 0 Å². The Morgan fingerprint density at radius 1 is 1.32 bits per heavy atom. The van der Waals surface area contributed by atoms with E-state index in [1.807, 2.05) is 33.8 Å². The lowest BCUT2D eigenvalue weighted by Gasteiger charge is -2.42. The van der Waals surface area contributed by atoms with E-state index in [-0.39, 0.29) is 16.4 Å². The number of nitrogens with two attached hydrogens (primary N) is 1. The van der Waals surface area contributed by atoms with Crippen molar-refractivity contribution in [1.29, 1.82) is 0 Å². The number of benzene rings is 1. The first-order valence-electron chi connectivity index (χ1n) is 7.50. The van der Waals surface area contributed by atoms with Crippen molar-refractivity contribution in [2.24, 2.45) is 11.1 Å². The fourth-order valence-electron chi connectivity index (χ4n) is 3.06.